The molecule has 88 valence electrons. The van der Waals surface area contributed by atoms with E-state index in [0.717, 1.165) is 0 Å². The molecule has 1 aromatic rings. The summed E-state index contributed by atoms with van der Waals surface area (Å²) in [6.45, 7) is 0. The van der Waals surface area contributed by atoms with E-state index in [1.54, 1.807) is 6.26 Å². The second kappa shape index (κ2) is 5.07. The van der Waals surface area contributed by atoms with E-state index in [1.165, 1.54) is 37.1 Å². The van der Waals surface area contributed by atoms with Crippen molar-refractivity contribution >= 4 is 37.5 Å². The van der Waals surface area contributed by atoms with E-state index in [4.69, 9.17) is 10.7 Å². The van der Waals surface area contributed by atoms with Gasteiger partial charge in [0.1, 0.15) is 0 Å². The van der Waals surface area contributed by atoms with Gasteiger partial charge in [-0.05, 0) is 24.5 Å². The summed E-state index contributed by atoms with van der Waals surface area (Å²) in [6.07, 6.45) is 1.77. The first-order valence-corrected chi connectivity index (χ1v) is 7.64. The van der Waals surface area contributed by atoms with Crippen molar-refractivity contribution in [3.8, 4) is 0 Å². The van der Waals surface area contributed by atoms with Gasteiger partial charge < -0.3 is 4.74 Å². The second-order valence-corrected chi connectivity index (χ2v) is 6.21. The van der Waals surface area contributed by atoms with Crippen LogP contribution in [0.4, 0.5) is 0 Å². The molecule has 0 saturated carbocycles. The van der Waals surface area contributed by atoms with Crippen molar-refractivity contribution in [2.45, 2.75) is 9.79 Å². The van der Waals surface area contributed by atoms with E-state index >= 15 is 0 Å². The first-order valence-electron chi connectivity index (χ1n) is 4.11. The lowest BCUT2D eigenvalue weighted by Gasteiger charge is -2.06. The minimum atomic E-state index is -3.84. The molecule has 0 atom stereocenters. The molecule has 0 aliphatic heterocycles. The number of methoxy groups -OCH3 is 1. The van der Waals surface area contributed by atoms with E-state index in [0.29, 0.717) is 4.90 Å². The molecule has 0 amide bonds. The summed E-state index contributed by atoms with van der Waals surface area (Å²) in [4.78, 5) is 11.9. The highest BCUT2D eigenvalue weighted by atomic mass is 35.7. The third-order valence-corrected chi connectivity index (χ3v) is 4.01. The summed E-state index contributed by atoms with van der Waals surface area (Å²) in [5, 5.41) is 0. The predicted molar refractivity (Wildman–Crippen MR) is 62.6 cm³/mol. The zero-order chi connectivity index (χ0) is 12.3. The number of hydrogen-bond acceptors (Lipinski definition) is 5. The molecule has 0 aromatic heterocycles. The van der Waals surface area contributed by atoms with Gasteiger partial charge in [0.05, 0.1) is 17.6 Å². The molecule has 0 heterocycles. The molecule has 4 nitrogen and oxygen atoms in total. The van der Waals surface area contributed by atoms with Crippen molar-refractivity contribution in [3.05, 3.63) is 23.8 Å². The fourth-order valence-electron chi connectivity index (χ4n) is 1.11. The summed E-state index contributed by atoms with van der Waals surface area (Å²) in [6, 6.07) is 4.08. The van der Waals surface area contributed by atoms with Crippen LogP contribution in [0.1, 0.15) is 10.4 Å². The zero-order valence-corrected chi connectivity index (χ0v) is 10.9. The van der Waals surface area contributed by atoms with Crippen LogP contribution < -0.4 is 0 Å². The normalized spacial score (nSPS) is 11.2. The van der Waals surface area contributed by atoms with Crippen molar-refractivity contribution in [1.82, 2.24) is 0 Å². The van der Waals surface area contributed by atoms with Crippen LogP contribution >= 0.6 is 22.4 Å². The number of carbonyl (C=O) groups is 1. The van der Waals surface area contributed by atoms with Crippen molar-refractivity contribution in [2.75, 3.05) is 13.4 Å². The average Bonchev–Trinajstić information content (AvgIpc) is 2.25. The van der Waals surface area contributed by atoms with Crippen LogP contribution in [-0.4, -0.2) is 27.8 Å². The number of carbonyl (C=O) groups excluding carboxylic acids is 1. The molecule has 0 unspecified atom stereocenters. The lowest BCUT2D eigenvalue weighted by atomic mass is 10.2. The third-order valence-electron chi connectivity index (χ3n) is 1.86. The van der Waals surface area contributed by atoms with Gasteiger partial charge in [-0.3, -0.25) is 0 Å². The molecule has 0 aliphatic carbocycles. The molecular formula is C9H9ClO4S2. The summed E-state index contributed by atoms with van der Waals surface area (Å²) in [5.74, 6) is -0.591. The highest BCUT2D eigenvalue weighted by Crippen LogP contribution is 2.25. The Morgan fingerprint density at radius 1 is 1.44 bits per heavy atom. The lowest BCUT2D eigenvalue weighted by molar-refractivity contribution is 0.0596. The second-order valence-electron chi connectivity index (χ2n) is 2.79. The molecular weight excluding hydrogens is 272 g/mol. The molecule has 0 N–H and O–H groups in total. The van der Waals surface area contributed by atoms with E-state index < -0.39 is 15.0 Å². The number of benzene rings is 1. The zero-order valence-electron chi connectivity index (χ0n) is 8.56. The van der Waals surface area contributed by atoms with Crippen molar-refractivity contribution in [2.24, 2.45) is 0 Å². The number of thioether (sulfide) groups is 1. The Kier molecular flexibility index (Phi) is 4.23. The van der Waals surface area contributed by atoms with Crippen molar-refractivity contribution in [3.63, 3.8) is 0 Å². The number of rotatable bonds is 3. The SMILES string of the molecule is COC(=O)c1cc(S(=O)(=O)Cl)ccc1SC. The van der Waals surface area contributed by atoms with Gasteiger partial charge in [-0.1, -0.05) is 0 Å². The standard InChI is InChI=1S/C9H9ClO4S2/c1-14-9(11)7-5-6(16(10,12)13)3-4-8(7)15-2/h3-5H,1-2H3. The Bertz CT molecular complexity index is 510. The Hall–Kier alpha value is -0.720. The van der Waals surface area contributed by atoms with Crippen LogP contribution in [-0.2, 0) is 13.8 Å². The predicted octanol–water partition coefficient (Wildman–Crippen LogP) is 2.12. The van der Waals surface area contributed by atoms with Gasteiger partial charge in [-0.2, -0.15) is 0 Å². The van der Waals surface area contributed by atoms with Gasteiger partial charge in [0.2, 0.25) is 0 Å². The van der Waals surface area contributed by atoms with Crippen LogP contribution in [0, 0.1) is 0 Å². The van der Waals surface area contributed by atoms with Crippen molar-refractivity contribution < 1.29 is 17.9 Å². The van der Waals surface area contributed by atoms with Crippen LogP contribution in [0.15, 0.2) is 28.0 Å². The molecule has 7 heteroatoms. The van der Waals surface area contributed by atoms with Crippen molar-refractivity contribution in [1.29, 1.82) is 0 Å². The molecule has 1 rings (SSSR count). The van der Waals surface area contributed by atoms with Gasteiger partial charge in [0.15, 0.2) is 0 Å². The summed E-state index contributed by atoms with van der Waals surface area (Å²) in [5.41, 5.74) is 0.191. The highest BCUT2D eigenvalue weighted by molar-refractivity contribution is 8.13. The number of halogens is 1. The first-order chi connectivity index (χ1) is 7.40. The van der Waals surface area contributed by atoms with Crippen LogP contribution in [0.2, 0.25) is 0 Å². The molecule has 0 bridgehead atoms. The topological polar surface area (TPSA) is 60.4 Å². The van der Waals surface area contributed by atoms with Crippen LogP contribution in [0.5, 0.6) is 0 Å². The monoisotopic (exact) mass is 280 g/mol. The number of hydrogen-bond donors (Lipinski definition) is 0. The van der Waals surface area contributed by atoms with Crippen LogP contribution in [0.25, 0.3) is 0 Å². The largest absolute Gasteiger partial charge is 0.465 e. The maximum atomic E-state index is 11.4. The first kappa shape index (κ1) is 13.3. The number of esters is 1. The highest BCUT2D eigenvalue weighted by Gasteiger charge is 2.17. The van der Waals surface area contributed by atoms with E-state index in [-0.39, 0.29) is 10.5 Å². The maximum Gasteiger partial charge on any atom is 0.339 e. The fourth-order valence-corrected chi connectivity index (χ4v) is 2.45. The van der Waals surface area contributed by atoms with E-state index in [2.05, 4.69) is 4.74 Å². The minimum absolute atomic E-state index is 0.118. The fraction of sp³-hybridized carbons (Fsp3) is 0.222. The summed E-state index contributed by atoms with van der Waals surface area (Å²) >= 11 is 1.32. The summed E-state index contributed by atoms with van der Waals surface area (Å²) < 4.78 is 26.8. The third kappa shape index (κ3) is 2.90. The smallest absolute Gasteiger partial charge is 0.339 e. The van der Waals surface area contributed by atoms with Gasteiger partial charge in [-0.15, -0.1) is 11.8 Å². The molecule has 0 fully saturated rings. The Morgan fingerprint density at radius 3 is 2.50 bits per heavy atom. The van der Waals surface area contributed by atoms with Crippen LogP contribution in [0.3, 0.4) is 0 Å². The molecule has 16 heavy (non-hydrogen) atoms. The minimum Gasteiger partial charge on any atom is -0.465 e. The molecule has 0 aliphatic rings. The Morgan fingerprint density at radius 2 is 2.06 bits per heavy atom. The van der Waals surface area contributed by atoms with Gasteiger partial charge in [-0.25, -0.2) is 13.2 Å². The average molecular weight is 281 g/mol. The van der Waals surface area contributed by atoms with E-state index in [1.807, 2.05) is 0 Å². The molecule has 0 radical (unpaired) electrons. The van der Waals surface area contributed by atoms with Gasteiger partial charge >= 0.3 is 5.97 Å². The van der Waals surface area contributed by atoms with Gasteiger partial charge in [0, 0.05) is 15.6 Å². The maximum absolute atomic E-state index is 11.4. The number of ether oxygens (including phenoxy) is 1. The molecule has 1 aromatic carbocycles. The van der Waals surface area contributed by atoms with Gasteiger partial charge in [0.25, 0.3) is 9.05 Å². The Labute approximate surface area is 102 Å². The molecule has 0 saturated heterocycles. The Balaban J connectivity index is 3.38. The quantitative estimate of drug-likeness (QED) is 0.482. The lowest BCUT2D eigenvalue weighted by Crippen LogP contribution is -2.04. The molecule has 0 spiro atoms. The van der Waals surface area contributed by atoms with E-state index in [9.17, 15) is 13.2 Å². The summed E-state index contributed by atoms with van der Waals surface area (Å²) in [7, 11) is 2.58.